The Kier molecular flexibility index (Phi) is 8.69. The summed E-state index contributed by atoms with van der Waals surface area (Å²) in [5.74, 6) is 0.624. The molecular formula is C29H40ClN7O4S. The van der Waals surface area contributed by atoms with Crippen molar-refractivity contribution in [2.24, 2.45) is 11.3 Å². The van der Waals surface area contributed by atoms with Crippen LogP contribution in [0.25, 0.3) is 5.82 Å². The van der Waals surface area contributed by atoms with Gasteiger partial charge in [0.1, 0.15) is 10.0 Å². The van der Waals surface area contributed by atoms with Gasteiger partial charge in [0, 0.05) is 24.3 Å². The van der Waals surface area contributed by atoms with E-state index in [0.29, 0.717) is 41.9 Å². The maximum absolute atomic E-state index is 13.1. The van der Waals surface area contributed by atoms with E-state index < -0.39 is 15.9 Å². The van der Waals surface area contributed by atoms with Crippen LogP contribution in [-0.4, -0.2) is 57.6 Å². The summed E-state index contributed by atoms with van der Waals surface area (Å²) < 4.78 is 37.2. The Morgan fingerprint density at radius 3 is 2.69 bits per heavy atom. The van der Waals surface area contributed by atoms with Crippen molar-refractivity contribution in [2.45, 2.75) is 89.6 Å². The van der Waals surface area contributed by atoms with E-state index in [1.54, 1.807) is 29.9 Å². The van der Waals surface area contributed by atoms with Crippen LogP contribution in [0.5, 0.6) is 5.88 Å². The van der Waals surface area contributed by atoms with Gasteiger partial charge in [0.05, 0.1) is 24.1 Å². The average molecular weight is 618 g/mol. The number of rotatable bonds is 13. The molecule has 0 bridgehead atoms. The second-order valence-electron chi connectivity index (χ2n) is 12.6. The van der Waals surface area contributed by atoms with Crippen molar-refractivity contribution in [2.75, 3.05) is 13.2 Å². The highest BCUT2D eigenvalue weighted by Crippen LogP contribution is 2.47. The highest BCUT2D eigenvalue weighted by Gasteiger charge is 2.36. The van der Waals surface area contributed by atoms with E-state index in [1.807, 2.05) is 0 Å². The SMILES string of the molecule is Cc1c(S(=O)(=O)NC(=O)c2ccc(-n3ccc(OCCC4(C)CC4)n3)nc2Cl)cnn1CCCCC1CNC(C)(C)C1. The standard InChI is InChI=1S/C29H40ClN7O4S/c1-20-23(19-32-36(20)14-6-5-7-21-17-28(2,3)31-18-21)42(39,40)35-27(38)22-8-9-24(33-26(22)30)37-15-10-25(34-37)41-16-13-29(4)11-12-29/h8-10,15,19,21,31H,5-7,11-14,16-18H2,1-4H3,(H,35,38). The van der Waals surface area contributed by atoms with Crippen LogP contribution < -0.4 is 14.8 Å². The maximum Gasteiger partial charge on any atom is 0.268 e. The third-order valence-electron chi connectivity index (χ3n) is 8.41. The van der Waals surface area contributed by atoms with Crippen molar-refractivity contribution < 1.29 is 17.9 Å². The van der Waals surface area contributed by atoms with Crippen molar-refractivity contribution in [1.29, 1.82) is 0 Å². The van der Waals surface area contributed by atoms with E-state index in [9.17, 15) is 13.2 Å². The van der Waals surface area contributed by atoms with Crippen LogP contribution in [0.2, 0.25) is 5.15 Å². The number of hydrogen-bond acceptors (Lipinski definition) is 8. The molecule has 4 heterocycles. The van der Waals surface area contributed by atoms with Gasteiger partial charge >= 0.3 is 0 Å². The molecule has 42 heavy (non-hydrogen) atoms. The number of ether oxygens (including phenoxy) is 1. The topological polar surface area (TPSA) is 133 Å². The molecule has 3 aromatic rings. The van der Waals surface area contributed by atoms with Gasteiger partial charge in [0.15, 0.2) is 5.82 Å². The van der Waals surface area contributed by atoms with Crippen LogP contribution in [-0.2, 0) is 16.6 Å². The maximum atomic E-state index is 13.1. The highest BCUT2D eigenvalue weighted by molar-refractivity contribution is 7.90. The third kappa shape index (κ3) is 7.33. The zero-order valence-corrected chi connectivity index (χ0v) is 26.3. The van der Waals surface area contributed by atoms with Crippen LogP contribution in [0.4, 0.5) is 0 Å². The van der Waals surface area contributed by atoms with Crippen LogP contribution in [0.3, 0.4) is 0 Å². The predicted molar refractivity (Wildman–Crippen MR) is 159 cm³/mol. The third-order valence-corrected chi connectivity index (χ3v) is 10.1. The Morgan fingerprint density at radius 1 is 1.21 bits per heavy atom. The van der Waals surface area contributed by atoms with E-state index in [-0.39, 0.29) is 21.2 Å². The number of unbranched alkanes of at least 4 members (excludes halogenated alkanes) is 1. The molecular weight excluding hydrogens is 578 g/mol. The molecule has 228 valence electrons. The van der Waals surface area contributed by atoms with Gasteiger partial charge in [-0.05, 0) is 89.3 Å². The van der Waals surface area contributed by atoms with Crippen molar-refractivity contribution in [3.63, 3.8) is 0 Å². The van der Waals surface area contributed by atoms with Crippen molar-refractivity contribution in [3.8, 4) is 11.7 Å². The number of amides is 1. The molecule has 0 radical (unpaired) electrons. The number of nitrogens with one attached hydrogen (secondary N) is 2. The lowest BCUT2D eigenvalue weighted by Gasteiger charge is -2.17. The summed E-state index contributed by atoms with van der Waals surface area (Å²) in [6.07, 6.45) is 10.6. The van der Waals surface area contributed by atoms with Gasteiger partial charge in [-0.1, -0.05) is 24.9 Å². The summed E-state index contributed by atoms with van der Waals surface area (Å²) in [5.41, 5.74) is 0.998. The molecule has 2 N–H and O–H groups in total. The summed E-state index contributed by atoms with van der Waals surface area (Å²) in [6, 6.07) is 4.69. The smallest absolute Gasteiger partial charge is 0.268 e. The second kappa shape index (κ2) is 12.0. The first-order valence-electron chi connectivity index (χ1n) is 14.5. The van der Waals surface area contributed by atoms with Gasteiger partial charge in [-0.25, -0.2) is 22.8 Å². The zero-order valence-electron chi connectivity index (χ0n) is 24.7. The average Bonchev–Trinajstić information content (AvgIpc) is 3.23. The van der Waals surface area contributed by atoms with E-state index in [4.69, 9.17) is 16.3 Å². The van der Waals surface area contributed by atoms with Crippen molar-refractivity contribution >= 4 is 27.5 Å². The minimum atomic E-state index is -4.18. The summed E-state index contributed by atoms with van der Waals surface area (Å²) in [4.78, 5) is 17.1. The molecule has 1 amide bonds. The first-order valence-corrected chi connectivity index (χ1v) is 16.4. The number of carbonyl (C=O) groups excluding carboxylic acids is 1. The van der Waals surface area contributed by atoms with E-state index >= 15 is 0 Å². The fourth-order valence-electron chi connectivity index (χ4n) is 5.43. The van der Waals surface area contributed by atoms with Crippen LogP contribution in [0.15, 0.2) is 35.5 Å². The van der Waals surface area contributed by atoms with E-state index in [1.165, 1.54) is 29.8 Å². The van der Waals surface area contributed by atoms with E-state index in [0.717, 1.165) is 38.6 Å². The predicted octanol–water partition coefficient (Wildman–Crippen LogP) is 4.67. The molecule has 3 aromatic heterocycles. The molecule has 1 atom stereocenters. The summed E-state index contributed by atoms with van der Waals surface area (Å²) in [5, 5.41) is 12.0. The summed E-state index contributed by atoms with van der Waals surface area (Å²) >= 11 is 6.31. The van der Waals surface area contributed by atoms with Crippen LogP contribution in [0.1, 0.15) is 81.8 Å². The van der Waals surface area contributed by atoms with Crippen molar-refractivity contribution in [1.82, 2.24) is 34.6 Å². The van der Waals surface area contributed by atoms with Crippen molar-refractivity contribution in [3.05, 3.63) is 47.0 Å². The number of hydrogen-bond donors (Lipinski definition) is 2. The summed E-state index contributed by atoms with van der Waals surface area (Å²) in [6.45, 7) is 10.6. The molecule has 0 aromatic carbocycles. The quantitative estimate of drug-likeness (QED) is 0.209. The van der Waals surface area contributed by atoms with Crippen LogP contribution in [0, 0.1) is 18.3 Å². The number of halogens is 1. The van der Waals surface area contributed by atoms with E-state index in [2.05, 4.69) is 46.0 Å². The molecule has 1 aliphatic heterocycles. The minimum absolute atomic E-state index is 0.0435. The number of carbonyl (C=O) groups is 1. The largest absolute Gasteiger partial charge is 0.477 e. The Morgan fingerprint density at radius 2 is 2.00 bits per heavy atom. The van der Waals surface area contributed by atoms with Gasteiger partial charge in [-0.2, -0.15) is 5.10 Å². The molecule has 5 rings (SSSR count). The second-order valence-corrected chi connectivity index (χ2v) is 14.6. The van der Waals surface area contributed by atoms with Gasteiger partial charge in [0.2, 0.25) is 5.88 Å². The molecule has 1 aliphatic carbocycles. The number of aryl methyl sites for hydroxylation is 1. The molecule has 1 saturated heterocycles. The first kappa shape index (κ1) is 30.5. The Balaban J connectivity index is 1.15. The Bertz CT molecular complexity index is 1540. The molecule has 0 spiro atoms. The van der Waals surface area contributed by atoms with Crippen LogP contribution >= 0.6 is 11.6 Å². The van der Waals surface area contributed by atoms with Gasteiger partial charge in [0.25, 0.3) is 15.9 Å². The lowest BCUT2D eigenvalue weighted by molar-refractivity contribution is 0.0981. The Labute approximate surface area is 252 Å². The fourth-order valence-corrected chi connectivity index (χ4v) is 6.81. The number of sulfonamides is 1. The highest BCUT2D eigenvalue weighted by atomic mass is 35.5. The lowest BCUT2D eigenvalue weighted by atomic mass is 9.93. The molecule has 13 heteroatoms. The van der Waals surface area contributed by atoms with Gasteiger partial charge < -0.3 is 10.1 Å². The molecule has 11 nitrogen and oxygen atoms in total. The minimum Gasteiger partial charge on any atom is -0.477 e. The molecule has 2 aliphatic rings. The van der Waals surface area contributed by atoms with Gasteiger partial charge in [-0.3, -0.25) is 9.48 Å². The monoisotopic (exact) mass is 617 g/mol. The fraction of sp³-hybridized carbons (Fsp3) is 0.586. The molecule has 1 unspecified atom stereocenters. The number of aromatic nitrogens is 5. The zero-order chi connectivity index (χ0) is 30.1. The Hall–Kier alpha value is -2.96. The normalized spacial score (nSPS) is 19.1. The summed E-state index contributed by atoms with van der Waals surface area (Å²) in [7, 11) is -4.18. The van der Waals surface area contributed by atoms with Gasteiger partial charge in [-0.15, -0.1) is 5.10 Å². The molecule has 2 fully saturated rings. The first-order chi connectivity index (χ1) is 19.8. The number of nitrogens with zero attached hydrogens (tertiary/aromatic N) is 5. The molecule has 1 saturated carbocycles. The lowest BCUT2D eigenvalue weighted by Crippen LogP contribution is -2.31. The number of pyridine rings is 1.